The summed E-state index contributed by atoms with van der Waals surface area (Å²) in [5, 5.41) is 0. The van der Waals surface area contributed by atoms with E-state index in [-0.39, 0.29) is 0 Å². The van der Waals surface area contributed by atoms with Gasteiger partial charge in [-0.25, -0.2) is 0 Å². The van der Waals surface area contributed by atoms with Crippen molar-refractivity contribution in [3.05, 3.63) is 0 Å². The third-order valence-electron chi connectivity index (χ3n) is 3.30. The molecule has 0 aliphatic heterocycles. The molecule has 0 heterocycles. The third kappa shape index (κ3) is 2.05. The van der Waals surface area contributed by atoms with Gasteiger partial charge in [-0.15, -0.1) is 0 Å². The topological polar surface area (TPSA) is 12.0 Å². The molecule has 0 aromatic carbocycles. The van der Waals surface area contributed by atoms with Crippen LogP contribution in [-0.4, -0.2) is 20.5 Å². The Morgan fingerprint density at radius 2 is 1.00 bits per heavy atom. The van der Waals surface area contributed by atoms with E-state index in [1.165, 1.54) is 0 Å². The quantitative estimate of drug-likeness (QED) is 0.732. The van der Waals surface area contributed by atoms with Gasteiger partial charge >= 0.3 is 80.6 Å². The summed E-state index contributed by atoms with van der Waals surface area (Å²) < 4.78 is 6.31. The van der Waals surface area contributed by atoms with Crippen LogP contribution in [0, 0.1) is 0 Å². The van der Waals surface area contributed by atoms with E-state index in [2.05, 4.69) is 52.9 Å². The minimum absolute atomic E-state index is 0.870. The first-order valence-electron chi connectivity index (χ1n) is 5.08. The summed E-state index contributed by atoms with van der Waals surface area (Å²) in [5.74, 6) is 0. The van der Waals surface area contributed by atoms with Crippen molar-refractivity contribution in [2.24, 2.45) is 0 Å². The molecule has 0 rings (SSSR count). The van der Waals surface area contributed by atoms with Crippen LogP contribution < -0.4 is 4.27 Å². The SMILES string of the molecule is C[NH][Ge]([CH](C)C)([CH](C)C)[CH](C)C. The van der Waals surface area contributed by atoms with Crippen LogP contribution in [0.4, 0.5) is 0 Å². The maximum atomic E-state index is 3.70. The van der Waals surface area contributed by atoms with Crippen LogP contribution in [0.5, 0.6) is 0 Å². The molecule has 0 aliphatic rings. The van der Waals surface area contributed by atoms with Gasteiger partial charge in [-0.2, -0.15) is 0 Å². The van der Waals surface area contributed by atoms with Gasteiger partial charge in [0.1, 0.15) is 0 Å². The van der Waals surface area contributed by atoms with Crippen molar-refractivity contribution in [1.82, 2.24) is 4.27 Å². The van der Waals surface area contributed by atoms with Gasteiger partial charge < -0.3 is 0 Å². The average Bonchev–Trinajstić information content (AvgIpc) is 1.86. The Hall–Kier alpha value is 0.503. The van der Waals surface area contributed by atoms with E-state index >= 15 is 0 Å². The van der Waals surface area contributed by atoms with Gasteiger partial charge in [0.25, 0.3) is 0 Å². The summed E-state index contributed by atoms with van der Waals surface area (Å²) in [4.78, 5) is 0. The fraction of sp³-hybridized carbons (Fsp3) is 1.00. The van der Waals surface area contributed by atoms with Crippen LogP contribution in [0.2, 0.25) is 14.3 Å². The molecule has 0 unspecified atom stereocenters. The summed E-state index contributed by atoms with van der Waals surface area (Å²) in [6.07, 6.45) is 0. The summed E-state index contributed by atoms with van der Waals surface area (Å²) in [6.45, 7) is 14.3. The van der Waals surface area contributed by atoms with Crippen LogP contribution in [-0.2, 0) is 0 Å². The predicted octanol–water partition coefficient (Wildman–Crippen LogP) is 3.38. The molecule has 0 saturated carbocycles. The molecule has 0 atom stereocenters. The molecule has 0 saturated heterocycles. The van der Waals surface area contributed by atoms with E-state index < -0.39 is 13.5 Å². The molecule has 0 aromatic heterocycles. The zero-order valence-corrected chi connectivity index (χ0v) is 11.8. The maximum absolute atomic E-state index is 3.70. The van der Waals surface area contributed by atoms with Crippen LogP contribution in [0.25, 0.3) is 0 Å². The first kappa shape index (κ1) is 12.5. The zero-order chi connectivity index (χ0) is 9.94. The number of nitrogens with one attached hydrogen (secondary N) is 1. The first-order valence-corrected chi connectivity index (χ1v) is 9.76. The molecule has 0 fully saturated rings. The Kier molecular flexibility index (Phi) is 4.85. The van der Waals surface area contributed by atoms with E-state index in [9.17, 15) is 0 Å². The van der Waals surface area contributed by atoms with Gasteiger partial charge in [-0.3, -0.25) is 0 Å². The minimum atomic E-state index is -1.79. The number of hydrogen-bond donors (Lipinski definition) is 1. The van der Waals surface area contributed by atoms with Crippen molar-refractivity contribution in [2.75, 3.05) is 7.05 Å². The molecule has 1 nitrogen and oxygen atoms in total. The van der Waals surface area contributed by atoms with Crippen molar-refractivity contribution in [1.29, 1.82) is 0 Å². The van der Waals surface area contributed by atoms with Gasteiger partial charge in [0.15, 0.2) is 0 Å². The van der Waals surface area contributed by atoms with E-state index in [1.807, 2.05) is 0 Å². The first-order chi connectivity index (χ1) is 5.39. The second kappa shape index (κ2) is 4.66. The zero-order valence-electron chi connectivity index (χ0n) is 9.73. The van der Waals surface area contributed by atoms with Gasteiger partial charge in [0, 0.05) is 0 Å². The second-order valence-corrected chi connectivity index (χ2v) is 16.9. The molecule has 1 N–H and O–H groups in total. The Labute approximate surface area is 80.9 Å². The predicted molar refractivity (Wildman–Crippen MR) is 60.1 cm³/mol. The summed E-state index contributed by atoms with van der Waals surface area (Å²) in [7, 11) is 2.17. The molecular weight excluding hydrogens is 207 g/mol. The van der Waals surface area contributed by atoms with E-state index in [4.69, 9.17) is 0 Å². The van der Waals surface area contributed by atoms with Gasteiger partial charge in [-0.05, 0) is 0 Å². The van der Waals surface area contributed by atoms with Crippen molar-refractivity contribution in [3.63, 3.8) is 0 Å². The fourth-order valence-corrected chi connectivity index (χ4v) is 14.9. The van der Waals surface area contributed by atoms with Gasteiger partial charge in [0.2, 0.25) is 0 Å². The molecule has 12 heavy (non-hydrogen) atoms. The molecular formula is C10H25GeN. The molecule has 0 aromatic rings. The molecule has 74 valence electrons. The van der Waals surface area contributed by atoms with Crippen molar-refractivity contribution >= 4 is 13.5 Å². The van der Waals surface area contributed by atoms with Crippen LogP contribution in [0.15, 0.2) is 0 Å². The van der Waals surface area contributed by atoms with Gasteiger partial charge in [0.05, 0.1) is 0 Å². The van der Waals surface area contributed by atoms with Crippen LogP contribution >= 0.6 is 0 Å². The number of hydrogen-bond acceptors (Lipinski definition) is 1. The van der Waals surface area contributed by atoms with Crippen LogP contribution in [0.3, 0.4) is 0 Å². The summed E-state index contributed by atoms with van der Waals surface area (Å²) in [5.41, 5.74) is 0. The van der Waals surface area contributed by atoms with E-state index in [1.54, 1.807) is 0 Å². The van der Waals surface area contributed by atoms with Crippen molar-refractivity contribution in [3.8, 4) is 0 Å². The average molecular weight is 232 g/mol. The Morgan fingerprint density at radius 3 is 1.00 bits per heavy atom. The standard InChI is InChI=1S/C10H25GeN/c1-8(2)11(12-7,9(3)4)10(5)6/h8-10,12H,1-7H3. The molecule has 0 radical (unpaired) electrons. The number of rotatable bonds is 4. The Bertz CT molecular complexity index is 108. The molecule has 0 bridgehead atoms. The molecule has 0 aliphatic carbocycles. The van der Waals surface area contributed by atoms with Crippen molar-refractivity contribution in [2.45, 2.75) is 55.8 Å². The second-order valence-electron chi connectivity index (χ2n) is 4.65. The van der Waals surface area contributed by atoms with Crippen molar-refractivity contribution < 1.29 is 0 Å². The molecule has 2 heteroatoms. The summed E-state index contributed by atoms with van der Waals surface area (Å²) in [6, 6.07) is 0. The van der Waals surface area contributed by atoms with E-state index in [0.717, 1.165) is 14.3 Å². The fourth-order valence-electron chi connectivity index (χ4n) is 2.87. The third-order valence-corrected chi connectivity index (χ3v) is 17.1. The monoisotopic (exact) mass is 233 g/mol. The van der Waals surface area contributed by atoms with E-state index in [0.29, 0.717) is 0 Å². The molecule has 0 amide bonds. The van der Waals surface area contributed by atoms with Gasteiger partial charge in [-0.1, -0.05) is 0 Å². The molecule has 0 spiro atoms. The Morgan fingerprint density at radius 1 is 0.750 bits per heavy atom. The Balaban J connectivity index is 4.77. The summed E-state index contributed by atoms with van der Waals surface area (Å²) >= 11 is -1.79. The van der Waals surface area contributed by atoms with Crippen LogP contribution in [0.1, 0.15) is 41.5 Å². The normalized spacial score (nSPS) is 13.5.